The molecule has 0 fully saturated rings. The number of anilines is 1. The predicted octanol–water partition coefficient (Wildman–Crippen LogP) is 4.76. The summed E-state index contributed by atoms with van der Waals surface area (Å²) in [6.45, 7) is 3.50. The molecule has 1 atom stereocenters. The molecule has 3 aromatic rings. The Morgan fingerprint density at radius 3 is 2.51 bits per heavy atom. The molecule has 3 aromatic carbocycles. The Kier molecular flexibility index (Phi) is 9.69. The lowest BCUT2D eigenvalue weighted by Crippen LogP contribution is -2.51. The smallest absolute Gasteiger partial charge is 0.262 e. The predicted molar refractivity (Wildman–Crippen MR) is 152 cm³/mol. The molecule has 12 heteroatoms. The highest BCUT2D eigenvalue weighted by molar-refractivity contribution is 6.31. The fraction of sp³-hybridized carbons (Fsp3) is 0.207. The SMILES string of the molecule is C=C(CCNC(=O)C1CN(C(=O)c2ccc(OC)cc2)c2cc(Cl)ccc2O1)NC(=O)COc1ccc(Cl)c(F)c1. The first-order valence-electron chi connectivity index (χ1n) is 12.4. The van der Waals surface area contributed by atoms with Crippen LogP contribution in [-0.2, 0) is 9.59 Å². The molecule has 0 bridgehead atoms. The van der Waals surface area contributed by atoms with E-state index >= 15 is 0 Å². The molecular formula is C29H26Cl2FN3O6. The van der Waals surface area contributed by atoms with E-state index in [1.54, 1.807) is 42.5 Å². The van der Waals surface area contributed by atoms with Crippen molar-refractivity contribution in [2.75, 3.05) is 31.7 Å². The quantitative estimate of drug-likeness (QED) is 0.347. The van der Waals surface area contributed by atoms with E-state index in [2.05, 4.69) is 17.2 Å². The Hall–Kier alpha value is -4.28. The van der Waals surface area contributed by atoms with Crippen LogP contribution in [0.25, 0.3) is 0 Å². The van der Waals surface area contributed by atoms with Crippen molar-refractivity contribution in [3.8, 4) is 17.2 Å². The number of rotatable bonds is 10. The molecule has 4 rings (SSSR count). The summed E-state index contributed by atoms with van der Waals surface area (Å²) in [7, 11) is 1.53. The number of amides is 3. The third kappa shape index (κ3) is 7.68. The third-order valence-corrected chi connectivity index (χ3v) is 6.55. The van der Waals surface area contributed by atoms with Gasteiger partial charge in [-0.2, -0.15) is 0 Å². The molecule has 41 heavy (non-hydrogen) atoms. The minimum Gasteiger partial charge on any atom is -0.497 e. The lowest BCUT2D eigenvalue weighted by atomic mass is 10.1. The van der Waals surface area contributed by atoms with Crippen LogP contribution in [0.15, 0.2) is 72.9 Å². The number of nitrogens with zero attached hydrogens (tertiary/aromatic N) is 1. The number of carbonyl (C=O) groups is 3. The molecule has 1 aliphatic rings. The van der Waals surface area contributed by atoms with Crippen LogP contribution < -0.4 is 29.7 Å². The highest BCUT2D eigenvalue weighted by atomic mass is 35.5. The van der Waals surface area contributed by atoms with Gasteiger partial charge in [0.1, 0.15) is 23.1 Å². The minimum absolute atomic E-state index is 0.0512. The molecule has 3 amide bonds. The number of carbonyl (C=O) groups excluding carboxylic acids is 3. The van der Waals surface area contributed by atoms with Gasteiger partial charge in [0.05, 0.1) is 24.4 Å². The van der Waals surface area contributed by atoms with Crippen molar-refractivity contribution < 1.29 is 33.0 Å². The summed E-state index contributed by atoms with van der Waals surface area (Å²) in [5.74, 6) is -0.869. The average molecular weight is 602 g/mol. The largest absolute Gasteiger partial charge is 0.497 e. The summed E-state index contributed by atoms with van der Waals surface area (Å²) >= 11 is 11.8. The number of methoxy groups -OCH3 is 1. The first-order valence-corrected chi connectivity index (χ1v) is 13.2. The van der Waals surface area contributed by atoms with Gasteiger partial charge < -0.3 is 29.7 Å². The van der Waals surface area contributed by atoms with Crippen molar-refractivity contribution in [2.24, 2.45) is 0 Å². The second-order valence-corrected chi connectivity index (χ2v) is 9.76. The van der Waals surface area contributed by atoms with Gasteiger partial charge in [-0.1, -0.05) is 29.8 Å². The first kappa shape index (κ1) is 29.7. The fourth-order valence-electron chi connectivity index (χ4n) is 3.94. The second kappa shape index (κ2) is 13.4. The molecule has 1 aliphatic heterocycles. The van der Waals surface area contributed by atoms with Crippen molar-refractivity contribution in [3.05, 3.63) is 94.4 Å². The molecular weight excluding hydrogens is 576 g/mol. The molecule has 9 nitrogen and oxygen atoms in total. The third-order valence-electron chi connectivity index (χ3n) is 6.01. The van der Waals surface area contributed by atoms with Crippen LogP contribution in [0.1, 0.15) is 16.8 Å². The molecule has 1 unspecified atom stereocenters. The van der Waals surface area contributed by atoms with Gasteiger partial charge in [-0.3, -0.25) is 14.4 Å². The Morgan fingerprint density at radius 1 is 1.07 bits per heavy atom. The van der Waals surface area contributed by atoms with Gasteiger partial charge in [0.2, 0.25) is 0 Å². The summed E-state index contributed by atoms with van der Waals surface area (Å²) in [5, 5.41) is 5.66. The molecule has 0 saturated heterocycles. The maximum Gasteiger partial charge on any atom is 0.262 e. The molecule has 0 saturated carbocycles. The number of hydrogen-bond donors (Lipinski definition) is 2. The zero-order valence-electron chi connectivity index (χ0n) is 21.9. The Balaban J connectivity index is 1.31. The maximum atomic E-state index is 13.5. The van der Waals surface area contributed by atoms with Crippen LogP contribution in [0, 0.1) is 5.82 Å². The number of ether oxygens (including phenoxy) is 3. The van der Waals surface area contributed by atoms with E-state index in [1.165, 1.54) is 24.1 Å². The molecule has 0 radical (unpaired) electrons. The van der Waals surface area contributed by atoms with Crippen molar-refractivity contribution in [2.45, 2.75) is 12.5 Å². The molecule has 214 valence electrons. The number of halogens is 3. The van der Waals surface area contributed by atoms with E-state index in [-0.39, 0.29) is 42.8 Å². The summed E-state index contributed by atoms with van der Waals surface area (Å²) in [5.41, 5.74) is 1.18. The topological polar surface area (TPSA) is 106 Å². The first-order chi connectivity index (χ1) is 19.6. The molecule has 1 heterocycles. The monoisotopic (exact) mass is 601 g/mol. The summed E-state index contributed by atoms with van der Waals surface area (Å²) < 4.78 is 29.8. The average Bonchev–Trinajstić information content (AvgIpc) is 2.96. The van der Waals surface area contributed by atoms with Crippen LogP contribution in [0.4, 0.5) is 10.1 Å². The zero-order chi connectivity index (χ0) is 29.5. The molecule has 0 spiro atoms. The van der Waals surface area contributed by atoms with Crippen LogP contribution in [0.3, 0.4) is 0 Å². The summed E-state index contributed by atoms with van der Waals surface area (Å²) in [6.07, 6.45) is -0.776. The van der Waals surface area contributed by atoms with Crippen molar-refractivity contribution in [3.63, 3.8) is 0 Å². The highest BCUT2D eigenvalue weighted by Crippen LogP contribution is 2.36. The normalized spacial score (nSPS) is 13.9. The van der Waals surface area contributed by atoms with Crippen molar-refractivity contribution >= 4 is 46.6 Å². The van der Waals surface area contributed by atoms with Crippen molar-refractivity contribution in [1.29, 1.82) is 0 Å². The van der Waals surface area contributed by atoms with E-state index < -0.39 is 23.7 Å². The molecule has 0 aromatic heterocycles. The van der Waals surface area contributed by atoms with Gasteiger partial charge >= 0.3 is 0 Å². The molecule has 2 N–H and O–H groups in total. The minimum atomic E-state index is -0.998. The van der Waals surface area contributed by atoms with Gasteiger partial charge in [0.25, 0.3) is 17.7 Å². The number of nitrogens with one attached hydrogen (secondary N) is 2. The van der Waals surface area contributed by atoms with E-state index in [9.17, 15) is 18.8 Å². The maximum absolute atomic E-state index is 13.5. The van der Waals surface area contributed by atoms with Crippen LogP contribution >= 0.6 is 23.2 Å². The van der Waals surface area contributed by atoms with Crippen molar-refractivity contribution in [1.82, 2.24) is 10.6 Å². The Labute approximate surface area is 245 Å². The Morgan fingerprint density at radius 2 is 1.80 bits per heavy atom. The number of fused-ring (bicyclic) bond motifs is 1. The number of hydrogen-bond acceptors (Lipinski definition) is 6. The number of benzene rings is 3. The fourth-order valence-corrected chi connectivity index (χ4v) is 4.22. The second-order valence-electron chi connectivity index (χ2n) is 8.92. The van der Waals surface area contributed by atoms with Gasteiger partial charge in [-0.05, 0) is 54.6 Å². The van der Waals surface area contributed by atoms with Gasteiger partial charge in [-0.25, -0.2) is 4.39 Å². The molecule has 0 aliphatic carbocycles. The van der Waals surface area contributed by atoms with E-state index in [1.807, 2.05) is 0 Å². The lowest BCUT2D eigenvalue weighted by molar-refractivity contribution is -0.127. The van der Waals surface area contributed by atoms with E-state index in [0.29, 0.717) is 33.5 Å². The van der Waals surface area contributed by atoms with E-state index in [4.69, 9.17) is 37.4 Å². The van der Waals surface area contributed by atoms with Crippen LogP contribution in [-0.4, -0.2) is 50.6 Å². The zero-order valence-corrected chi connectivity index (χ0v) is 23.4. The Bertz CT molecular complexity index is 1470. The lowest BCUT2D eigenvalue weighted by Gasteiger charge is -2.34. The van der Waals surface area contributed by atoms with Gasteiger partial charge in [0.15, 0.2) is 12.7 Å². The van der Waals surface area contributed by atoms with Crippen LogP contribution in [0.2, 0.25) is 10.0 Å². The summed E-state index contributed by atoms with van der Waals surface area (Å²) in [4.78, 5) is 40.0. The van der Waals surface area contributed by atoms with Gasteiger partial charge in [0, 0.05) is 35.3 Å². The van der Waals surface area contributed by atoms with E-state index in [0.717, 1.165) is 6.07 Å². The summed E-state index contributed by atoms with van der Waals surface area (Å²) in [6, 6.07) is 15.3. The standard InChI is InChI=1S/C29H26Cl2FN3O6/c1-17(34-27(36)16-40-21-8-9-22(31)23(32)14-21)11-12-33-28(37)26-15-35(24-13-19(30)5-10-25(24)41-26)29(38)18-3-6-20(39-2)7-4-18/h3-10,13-14,26H,1,11-12,15-16H2,2H3,(H,33,37)(H,34,36). The van der Waals surface area contributed by atoms with Crippen LogP contribution in [0.5, 0.6) is 17.2 Å². The highest BCUT2D eigenvalue weighted by Gasteiger charge is 2.34. The van der Waals surface area contributed by atoms with Gasteiger partial charge in [-0.15, -0.1) is 0 Å².